The fourth-order valence-corrected chi connectivity index (χ4v) is 3.94. The molecule has 6 nitrogen and oxygen atoms in total. The summed E-state index contributed by atoms with van der Waals surface area (Å²) in [7, 11) is 3.07. The number of methoxy groups -OCH3 is 2. The number of hydrogen-bond acceptors (Lipinski definition) is 4. The Balaban J connectivity index is 1.67. The first-order valence-electron chi connectivity index (χ1n) is 10.2. The Kier molecular flexibility index (Phi) is 6.07. The van der Waals surface area contributed by atoms with E-state index in [2.05, 4.69) is 5.32 Å². The van der Waals surface area contributed by atoms with Gasteiger partial charge in [0, 0.05) is 12.1 Å². The Bertz CT molecular complexity index is 1160. The highest BCUT2D eigenvalue weighted by Gasteiger charge is 2.35. The van der Waals surface area contributed by atoms with Gasteiger partial charge in [0.1, 0.15) is 5.82 Å². The summed E-state index contributed by atoms with van der Waals surface area (Å²) in [4.78, 5) is 27.7. The Morgan fingerprint density at radius 3 is 2.47 bits per heavy atom. The number of rotatable bonds is 7. The predicted molar refractivity (Wildman–Crippen MR) is 118 cm³/mol. The second kappa shape index (κ2) is 9.09. The number of ether oxygens (including phenoxy) is 2. The van der Waals surface area contributed by atoms with Gasteiger partial charge in [0.05, 0.1) is 32.4 Å². The summed E-state index contributed by atoms with van der Waals surface area (Å²) in [6.07, 6.45) is -0.0520. The maximum absolute atomic E-state index is 14.0. The highest BCUT2D eigenvalue weighted by molar-refractivity contribution is 5.99. The number of benzene rings is 3. The summed E-state index contributed by atoms with van der Waals surface area (Å²) in [6.45, 7) is 0.376. The zero-order valence-corrected chi connectivity index (χ0v) is 17.8. The number of carbonyl (C=O) groups excluding carboxylic acids is 2. The van der Waals surface area contributed by atoms with E-state index >= 15 is 0 Å². The molecule has 0 spiro atoms. The van der Waals surface area contributed by atoms with E-state index in [0.29, 0.717) is 29.2 Å². The van der Waals surface area contributed by atoms with Gasteiger partial charge in [-0.25, -0.2) is 4.39 Å². The largest absolute Gasteiger partial charge is 0.493 e. The van der Waals surface area contributed by atoms with Crippen LogP contribution in [0.3, 0.4) is 0 Å². The first kappa shape index (κ1) is 21.4. The van der Waals surface area contributed by atoms with Crippen LogP contribution in [-0.4, -0.2) is 30.9 Å². The molecule has 1 heterocycles. The van der Waals surface area contributed by atoms with Crippen LogP contribution in [0.4, 0.5) is 10.1 Å². The monoisotopic (exact) mass is 434 g/mol. The van der Waals surface area contributed by atoms with Crippen molar-refractivity contribution in [2.75, 3.05) is 19.5 Å². The van der Waals surface area contributed by atoms with E-state index in [0.717, 1.165) is 5.56 Å². The van der Waals surface area contributed by atoms with Gasteiger partial charge >= 0.3 is 0 Å². The minimum absolute atomic E-state index is 0.0520. The first-order valence-corrected chi connectivity index (χ1v) is 10.2. The van der Waals surface area contributed by atoms with Crippen molar-refractivity contribution in [3.05, 3.63) is 89.2 Å². The van der Waals surface area contributed by atoms with E-state index in [1.807, 2.05) is 18.2 Å². The molecule has 4 rings (SSSR count). The molecule has 0 unspecified atom stereocenters. The molecule has 0 bridgehead atoms. The van der Waals surface area contributed by atoms with Crippen molar-refractivity contribution >= 4 is 17.5 Å². The highest BCUT2D eigenvalue weighted by Crippen LogP contribution is 2.37. The van der Waals surface area contributed by atoms with Crippen LogP contribution >= 0.6 is 0 Å². The van der Waals surface area contributed by atoms with Gasteiger partial charge in [-0.3, -0.25) is 9.59 Å². The molecule has 0 radical (unpaired) electrons. The molecule has 0 aliphatic carbocycles. The summed E-state index contributed by atoms with van der Waals surface area (Å²) in [5.41, 5.74) is 2.33. The number of halogens is 1. The van der Waals surface area contributed by atoms with E-state index in [1.54, 1.807) is 41.3 Å². The summed E-state index contributed by atoms with van der Waals surface area (Å²) < 4.78 is 24.8. The van der Waals surface area contributed by atoms with Crippen molar-refractivity contribution in [3.8, 4) is 11.5 Å². The lowest BCUT2D eigenvalue weighted by molar-refractivity contribution is -0.117. The maximum atomic E-state index is 14.0. The standard InChI is InChI=1S/C25H23FN2O4/c1-31-22-12-11-16(13-23(22)32-2)21(14-24(29)27-20-10-6-5-9-19(20)26)28-15-17-7-3-4-8-18(17)25(28)30/h3-13,21H,14-15H2,1-2H3,(H,27,29)/t21-/m1/s1. The molecular weight excluding hydrogens is 411 g/mol. The summed E-state index contributed by atoms with van der Waals surface area (Å²) >= 11 is 0. The second-order valence-corrected chi connectivity index (χ2v) is 7.45. The number of hydrogen-bond donors (Lipinski definition) is 1. The van der Waals surface area contributed by atoms with Crippen LogP contribution in [0.15, 0.2) is 66.7 Å². The quantitative estimate of drug-likeness (QED) is 0.592. The van der Waals surface area contributed by atoms with Gasteiger partial charge < -0.3 is 19.7 Å². The average Bonchev–Trinajstić information content (AvgIpc) is 3.15. The Labute approximate surface area is 185 Å². The predicted octanol–water partition coefficient (Wildman–Crippen LogP) is 4.57. The van der Waals surface area contributed by atoms with Crippen LogP contribution in [0.25, 0.3) is 0 Å². The fraction of sp³-hybridized carbons (Fsp3) is 0.200. The van der Waals surface area contributed by atoms with Gasteiger partial charge in [0.25, 0.3) is 5.91 Å². The molecule has 0 saturated heterocycles. The molecule has 164 valence electrons. The van der Waals surface area contributed by atoms with Gasteiger partial charge in [0.2, 0.25) is 5.91 Å². The number of amides is 2. The van der Waals surface area contributed by atoms with Crippen LogP contribution in [0.1, 0.15) is 33.9 Å². The third kappa shape index (κ3) is 4.14. The van der Waals surface area contributed by atoms with E-state index in [4.69, 9.17) is 9.47 Å². The molecule has 1 aliphatic heterocycles. The highest BCUT2D eigenvalue weighted by atomic mass is 19.1. The fourth-order valence-electron chi connectivity index (χ4n) is 3.94. The average molecular weight is 434 g/mol. The van der Waals surface area contributed by atoms with Gasteiger partial charge in [-0.05, 0) is 41.5 Å². The topological polar surface area (TPSA) is 67.9 Å². The van der Waals surface area contributed by atoms with Gasteiger partial charge in [-0.1, -0.05) is 36.4 Å². The van der Waals surface area contributed by atoms with Crippen molar-refractivity contribution in [3.63, 3.8) is 0 Å². The normalized spacial score (nSPS) is 13.5. The molecule has 0 fully saturated rings. The summed E-state index contributed by atoms with van der Waals surface area (Å²) in [5.74, 6) is -0.0404. The van der Waals surface area contributed by atoms with Crippen molar-refractivity contribution in [1.82, 2.24) is 4.90 Å². The molecule has 0 aromatic heterocycles. The Hall–Kier alpha value is -3.87. The molecule has 3 aromatic rings. The molecular formula is C25H23FN2O4. The molecule has 0 saturated carbocycles. The Morgan fingerprint density at radius 1 is 1.03 bits per heavy atom. The number of nitrogens with zero attached hydrogens (tertiary/aromatic N) is 1. The smallest absolute Gasteiger partial charge is 0.255 e. The van der Waals surface area contributed by atoms with Crippen LogP contribution < -0.4 is 14.8 Å². The number of para-hydroxylation sites is 1. The maximum Gasteiger partial charge on any atom is 0.255 e. The molecule has 2 amide bonds. The number of nitrogens with one attached hydrogen (secondary N) is 1. The molecule has 3 aromatic carbocycles. The van der Waals surface area contributed by atoms with Crippen LogP contribution in [-0.2, 0) is 11.3 Å². The van der Waals surface area contributed by atoms with Crippen molar-refractivity contribution in [1.29, 1.82) is 0 Å². The SMILES string of the molecule is COc1ccc([C@@H](CC(=O)Nc2ccccc2F)N2Cc3ccccc3C2=O)cc1OC. The zero-order chi connectivity index (χ0) is 22.7. The molecule has 1 atom stereocenters. The summed E-state index contributed by atoms with van der Waals surface area (Å²) in [5, 5.41) is 2.61. The zero-order valence-electron chi connectivity index (χ0n) is 17.8. The van der Waals surface area contributed by atoms with Crippen LogP contribution in [0, 0.1) is 5.82 Å². The van der Waals surface area contributed by atoms with Gasteiger partial charge in [-0.2, -0.15) is 0 Å². The van der Waals surface area contributed by atoms with E-state index in [1.165, 1.54) is 26.4 Å². The second-order valence-electron chi connectivity index (χ2n) is 7.45. The number of anilines is 1. The van der Waals surface area contributed by atoms with Crippen molar-refractivity contribution in [2.45, 2.75) is 19.0 Å². The van der Waals surface area contributed by atoms with Crippen molar-refractivity contribution in [2.24, 2.45) is 0 Å². The van der Waals surface area contributed by atoms with Crippen molar-refractivity contribution < 1.29 is 23.5 Å². The lowest BCUT2D eigenvalue weighted by Gasteiger charge is -2.28. The molecule has 1 aliphatic rings. The minimum Gasteiger partial charge on any atom is -0.493 e. The van der Waals surface area contributed by atoms with Crippen LogP contribution in [0.2, 0.25) is 0 Å². The number of carbonyl (C=O) groups is 2. The lowest BCUT2D eigenvalue weighted by atomic mass is 10.0. The van der Waals surface area contributed by atoms with Gasteiger partial charge in [-0.15, -0.1) is 0 Å². The van der Waals surface area contributed by atoms with E-state index < -0.39 is 17.8 Å². The minimum atomic E-state index is -0.582. The molecule has 1 N–H and O–H groups in total. The third-order valence-corrected chi connectivity index (χ3v) is 5.54. The first-order chi connectivity index (χ1) is 15.5. The Morgan fingerprint density at radius 2 is 1.75 bits per heavy atom. The van der Waals surface area contributed by atoms with Crippen LogP contribution in [0.5, 0.6) is 11.5 Å². The summed E-state index contributed by atoms with van der Waals surface area (Å²) in [6, 6.07) is 18.1. The third-order valence-electron chi connectivity index (χ3n) is 5.54. The van der Waals surface area contributed by atoms with E-state index in [-0.39, 0.29) is 18.0 Å². The molecule has 32 heavy (non-hydrogen) atoms. The lowest BCUT2D eigenvalue weighted by Crippen LogP contribution is -2.32. The van der Waals surface area contributed by atoms with E-state index in [9.17, 15) is 14.0 Å². The van der Waals surface area contributed by atoms with Gasteiger partial charge in [0.15, 0.2) is 11.5 Å². The molecule has 7 heteroatoms. The number of fused-ring (bicyclic) bond motifs is 1.